The molecule has 0 nitrogen and oxygen atoms in total. The summed E-state index contributed by atoms with van der Waals surface area (Å²) in [5, 5.41) is 0. The van der Waals surface area contributed by atoms with E-state index in [-0.39, 0.29) is 0 Å². The Bertz CT molecular complexity index is 497. The number of rotatable bonds is 3. The molecule has 0 aliphatic heterocycles. The molecular formula is C18H21. The van der Waals surface area contributed by atoms with Crippen LogP contribution < -0.4 is 0 Å². The second kappa shape index (κ2) is 5.39. The minimum Gasteiger partial charge on any atom is -0.0989 e. The molecule has 1 radical (unpaired) electrons. The molecule has 0 fully saturated rings. The van der Waals surface area contributed by atoms with Gasteiger partial charge in [0.25, 0.3) is 0 Å². The third-order valence-corrected chi connectivity index (χ3v) is 3.63. The standard InChI is InChI=1S/C18H21/c1-13-5-8-17(9-6-13)11-16(4)18-10-7-14(2)15(3)12-18/h5-10,12,18H,4,11H2,1-3H3. The molecule has 0 saturated carbocycles. The van der Waals surface area contributed by atoms with E-state index in [0.717, 1.165) is 6.42 Å². The highest BCUT2D eigenvalue weighted by Crippen LogP contribution is 2.27. The number of hydrogen-bond donors (Lipinski definition) is 0. The Morgan fingerprint density at radius 1 is 1.06 bits per heavy atom. The average molecular weight is 237 g/mol. The average Bonchev–Trinajstić information content (AvgIpc) is 2.35. The van der Waals surface area contributed by atoms with Crippen LogP contribution >= 0.6 is 0 Å². The number of hydrogen-bond acceptors (Lipinski definition) is 0. The number of allylic oxidation sites excluding steroid dienone is 5. The van der Waals surface area contributed by atoms with E-state index < -0.39 is 0 Å². The van der Waals surface area contributed by atoms with E-state index in [1.807, 2.05) is 0 Å². The lowest BCUT2D eigenvalue weighted by atomic mass is 9.85. The molecule has 0 N–H and O–H groups in total. The molecule has 0 aromatic heterocycles. The van der Waals surface area contributed by atoms with Crippen molar-refractivity contribution in [3.63, 3.8) is 0 Å². The van der Waals surface area contributed by atoms with E-state index >= 15 is 0 Å². The summed E-state index contributed by atoms with van der Waals surface area (Å²) in [6, 6.07) is 8.72. The van der Waals surface area contributed by atoms with Crippen molar-refractivity contribution in [2.45, 2.75) is 27.2 Å². The first-order valence-electron chi connectivity index (χ1n) is 6.50. The van der Waals surface area contributed by atoms with Gasteiger partial charge in [-0.15, -0.1) is 0 Å². The predicted molar refractivity (Wildman–Crippen MR) is 79.3 cm³/mol. The van der Waals surface area contributed by atoms with Crippen LogP contribution in [0.4, 0.5) is 0 Å². The van der Waals surface area contributed by atoms with Gasteiger partial charge in [-0.3, -0.25) is 0 Å². The molecule has 1 aromatic rings. The fourth-order valence-corrected chi connectivity index (χ4v) is 2.18. The first-order valence-corrected chi connectivity index (χ1v) is 6.50. The highest BCUT2D eigenvalue weighted by atomic mass is 14.2. The summed E-state index contributed by atoms with van der Waals surface area (Å²) in [6.45, 7) is 10.7. The van der Waals surface area contributed by atoms with E-state index in [0.29, 0.717) is 5.92 Å². The van der Waals surface area contributed by atoms with E-state index in [9.17, 15) is 0 Å². The molecule has 2 rings (SSSR count). The van der Waals surface area contributed by atoms with Crippen LogP contribution in [-0.4, -0.2) is 0 Å². The summed E-state index contributed by atoms with van der Waals surface area (Å²) in [7, 11) is 0. The zero-order chi connectivity index (χ0) is 13.1. The molecule has 0 saturated heterocycles. The van der Waals surface area contributed by atoms with Gasteiger partial charge in [-0.05, 0) is 39.2 Å². The van der Waals surface area contributed by atoms with Crippen molar-refractivity contribution in [3.05, 3.63) is 77.3 Å². The molecule has 0 heterocycles. The Kier molecular flexibility index (Phi) is 3.86. The van der Waals surface area contributed by atoms with Gasteiger partial charge in [0.1, 0.15) is 0 Å². The fourth-order valence-electron chi connectivity index (χ4n) is 2.18. The Morgan fingerprint density at radius 2 is 1.72 bits per heavy atom. The lowest BCUT2D eigenvalue weighted by molar-refractivity contribution is 0.848. The van der Waals surface area contributed by atoms with E-state index in [4.69, 9.17) is 0 Å². The normalized spacial score (nSPS) is 19.2. The van der Waals surface area contributed by atoms with Crippen molar-refractivity contribution in [2.75, 3.05) is 0 Å². The highest BCUT2D eigenvalue weighted by Gasteiger charge is 2.14. The molecule has 93 valence electrons. The largest absolute Gasteiger partial charge is 0.0989 e. The Balaban J connectivity index is 2.03. The Hall–Kier alpha value is -1.56. The third-order valence-electron chi connectivity index (χ3n) is 3.63. The molecule has 1 aliphatic rings. The summed E-state index contributed by atoms with van der Waals surface area (Å²) in [5.41, 5.74) is 6.64. The smallest absolute Gasteiger partial charge is 0.00522 e. The number of benzene rings is 1. The van der Waals surface area contributed by atoms with E-state index in [2.05, 4.69) is 70.2 Å². The minimum absolute atomic E-state index is 0.384. The van der Waals surface area contributed by atoms with Gasteiger partial charge in [-0.2, -0.15) is 0 Å². The highest BCUT2D eigenvalue weighted by molar-refractivity contribution is 5.40. The molecule has 18 heavy (non-hydrogen) atoms. The van der Waals surface area contributed by atoms with Crippen molar-refractivity contribution in [3.8, 4) is 0 Å². The fraction of sp³-hybridized carbons (Fsp3) is 0.278. The second-order valence-electron chi connectivity index (χ2n) is 5.24. The van der Waals surface area contributed by atoms with Gasteiger partial charge in [-0.25, -0.2) is 0 Å². The van der Waals surface area contributed by atoms with Gasteiger partial charge in [0, 0.05) is 5.92 Å². The second-order valence-corrected chi connectivity index (χ2v) is 5.24. The van der Waals surface area contributed by atoms with Gasteiger partial charge in [0.15, 0.2) is 0 Å². The lowest BCUT2D eigenvalue weighted by Gasteiger charge is -2.20. The maximum Gasteiger partial charge on any atom is 0.00522 e. The zero-order valence-corrected chi connectivity index (χ0v) is 11.5. The van der Waals surface area contributed by atoms with Crippen molar-refractivity contribution < 1.29 is 0 Å². The summed E-state index contributed by atoms with van der Waals surface area (Å²) in [6.07, 6.45) is 7.73. The van der Waals surface area contributed by atoms with Crippen molar-refractivity contribution in [1.82, 2.24) is 0 Å². The van der Waals surface area contributed by atoms with Crippen LogP contribution in [-0.2, 0) is 6.42 Å². The molecule has 0 heteroatoms. The molecule has 1 atom stereocenters. The van der Waals surface area contributed by atoms with Gasteiger partial charge in [0.05, 0.1) is 0 Å². The molecule has 1 unspecified atom stereocenters. The van der Waals surface area contributed by atoms with E-state index in [1.165, 1.54) is 27.8 Å². The monoisotopic (exact) mass is 237 g/mol. The van der Waals surface area contributed by atoms with Gasteiger partial charge < -0.3 is 0 Å². The topological polar surface area (TPSA) is 0 Å². The first kappa shape index (κ1) is 12.9. The molecule has 0 bridgehead atoms. The predicted octanol–water partition coefficient (Wildman–Crippen LogP) is 4.82. The summed E-state index contributed by atoms with van der Waals surface area (Å²) < 4.78 is 0. The van der Waals surface area contributed by atoms with Gasteiger partial charge in [-0.1, -0.05) is 65.3 Å². The van der Waals surface area contributed by atoms with Crippen molar-refractivity contribution in [1.29, 1.82) is 0 Å². The van der Waals surface area contributed by atoms with Gasteiger partial charge in [0.2, 0.25) is 0 Å². The molecule has 0 amide bonds. The molecule has 0 spiro atoms. The van der Waals surface area contributed by atoms with E-state index in [1.54, 1.807) is 0 Å². The van der Waals surface area contributed by atoms with Crippen molar-refractivity contribution in [2.24, 2.45) is 5.92 Å². The van der Waals surface area contributed by atoms with Crippen LogP contribution in [0.3, 0.4) is 0 Å². The lowest BCUT2D eigenvalue weighted by Crippen LogP contribution is -2.07. The van der Waals surface area contributed by atoms with Crippen LogP contribution in [0.25, 0.3) is 0 Å². The summed E-state index contributed by atoms with van der Waals surface area (Å²) in [5.74, 6) is 0.384. The number of aryl methyl sites for hydroxylation is 1. The van der Waals surface area contributed by atoms with Crippen LogP contribution in [0.15, 0.2) is 59.7 Å². The van der Waals surface area contributed by atoms with Crippen molar-refractivity contribution >= 4 is 0 Å². The summed E-state index contributed by atoms with van der Waals surface area (Å²) >= 11 is 0. The quantitative estimate of drug-likeness (QED) is 0.661. The maximum absolute atomic E-state index is 4.25. The maximum atomic E-state index is 4.25. The third kappa shape index (κ3) is 3.01. The van der Waals surface area contributed by atoms with Crippen LogP contribution in [0.5, 0.6) is 0 Å². The minimum atomic E-state index is 0.384. The van der Waals surface area contributed by atoms with Gasteiger partial charge >= 0.3 is 0 Å². The molecule has 1 aromatic carbocycles. The Labute approximate surface area is 111 Å². The molecular weight excluding hydrogens is 216 g/mol. The first-order chi connectivity index (χ1) is 8.56. The zero-order valence-electron chi connectivity index (χ0n) is 11.5. The van der Waals surface area contributed by atoms with Crippen LogP contribution in [0.1, 0.15) is 25.0 Å². The van der Waals surface area contributed by atoms with Crippen LogP contribution in [0, 0.1) is 19.3 Å². The van der Waals surface area contributed by atoms with Crippen LogP contribution in [0.2, 0.25) is 0 Å². The SMILES string of the molecule is C=C(Cc1ccc(C)cc1)C1[CH]C=C(C)C(C)=C1. The Morgan fingerprint density at radius 3 is 2.33 bits per heavy atom. The summed E-state index contributed by atoms with van der Waals surface area (Å²) in [4.78, 5) is 0. The molecule has 1 aliphatic carbocycles.